The molecule has 0 saturated carbocycles. The first-order valence-corrected chi connectivity index (χ1v) is 10.5. The highest BCUT2D eigenvalue weighted by Crippen LogP contribution is 2.39. The number of imide groups is 1. The molecule has 1 saturated heterocycles. The molecule has 0 bridgehead atoms. The Kier molecular flexibility index (Phi) is 5.30. The number of benzene rings is 3. The monoisotopic (exact) mass is 467 g/mol. The summed E-state index contributed by atoms with van der Waals surface area (Å²) >= 11 is 0. The topological polar surface area (TPSA) is 142 Å². The molecule has 0 spiro atoms. The first-order valence-electron chi connectivity index (χ1n) is 10.5. The van der Waals surface area contributed by atoms with Gasteiger partial charge in [0, 0.05) is 29.1 Å². The lowest BCUT2D eigenvalue weighted by Crippen LogP contribution is -2.22. The van der Waals surface area contributed by atoms with Crippen molar-refractivity contribution in [3.63, 3.8) is 0 Å². The molecule has 2 aliphatic heterocycles. The molecule has 10 nitrogen and oxygen atoms in total. The molecule has 1 fully saturated rings. The molecule has 4 N–H and O–H groups in total. The molecule has 10 heteroatoms. The zero-order valence-electron chi connectivity index (χ0n) is 18.0. The number of urea groups is 1. The van der Waals surface area contributed by atoms with Gasteiger partial charge in [0.25, 0.3) is 17.5 Å². The highest BCUT2D eigenvalue weighted by molar-refractivity contribution is 6.37. The van der Waals surface area contributed by atoms with Gasteiger partial charge in [-0.15, -0.1) is 0 Å². The molecule has 4 amide bonds. The van der Waals surface area contributed by atoms with Gasteiger partial charge >= 0.3 is 6.03 Å². The number of nitro benzene ring substituents is 1. The van der Waals surface area contributed by atoms with E-state index in [-0.39, 0.29) is 22.9 Å². The standard InChI is InChI=1S/C25H17N5O5/c31-23-20(28-25(33)29-23)12-14-6-8-16(9-7-14)26-22(15-4-2-1-3-5-15)21-18-13-17(30(34)35)10-11-19(18)27-24(21)32/h1-13,26H,(H,27,32)(H2,28,29,31,33)/b20-12-,22-21?. The second kappa shape index (κ2) is 8.60. The quantitative estimate of drug-likeness (QED) is 0.195. The predicted octanol–water partition coefficient (Wildman–Crippen LogP) is 3.71. The highest BCUT2D eigenvalue weighted by Gasteiger charge is 2.30. The van der Waals surface area contributed by atoms with Gasteiger partial charge in [0.05, 0.1) is 16.2 Å². The Morgan fingerprint density at radius 3 is 2.26 bits per heavy atom. The van der Waals surface area contributed by atoms with Crippen molar-refractivity contribution in [2.45, 2.75) is 0 Å². The van der Waals surface area contributed by atoms with Gasteiger partial charge in [-0.3, -0.25) is 25.0 Å². The molecule has 172 valence electrons. The van der Waals surface area contributed by atoms with Crippen LogP contribution in [-0.2, 0) is 9.59 Å². The van der Waals surface area contributed by atoms with E-state index >= 15 is 0 Å². The summed E-state index contributed by atoms with van der Waals surface area (Å²) in [6, 6.07) is 19.8. The lowest BCUT2D eigenvalue weighted by atomic mass is 9.99. The van der Waals surface area contributed by atoms with Gasteiger partial charge in [0.2, 0.25) is 0 Å². The minimum absolute atomic E-state index is 0.120. The van der Waals surface area contributed by atoms with E-state index in [0.29, 0.717) is 33.8 Å². The molecule has 0 aliphatic carbocycles. The van der Waals surface area contributed by atoms with Gasteiger partial charge in [-0.05, 0) is 35.4 Å². The van der Waals surface area contributed by atoms with Crippen molar-refractivity contribution in [1.82, 2.24) is 10.6 Å². The van der Waals surface area contributed by atoms with Crippen molar-refractivity contribution in [2.75, 3.05) is 10.6 Å². The van der Waals surface area contributed by atoms with Crippen LogP contribution in [0, 0.1) is 10.1 Å². The average Bonchev–Trinajstić information content (AvgIpc) is 3.35. The second-order valence-electron chi connectivity index (χ2n) is 7.77. The SMILES string of the molecule is O=C1NC(=O)/C(=C/c2ccc(NC(=C3C(=O)Nc4ccc([N+](=O)[O-])cc43)c3ccccc3)cc2)N1. The molecule has 2 aliphatic rings. The van der Waals surface area contributed by atoms with E-state index in [1.165, 1.54) is 18.2 Å². The van der Waals surface area contributed by atoms with Crippen LogP contribution >= 0.6 is 0 Å². The van der Waals surface area contributed by atoms with Gasteiger partial charge in [-0.1, -0.05) is 42.5 Å². The Morgan fingerprint density at radius 1 is 0.857 bits per heavy atom. The van der Waals surface area contributed by atoms with Crippen molar-refractivity contribution in [3.8, 4) is 0 Å². The fraction of sp³-hybridized carbons (Fsp3) is 0. The molecule has 3 aromatic carbocycles. The van der Waals surface area contributed by atoms with Crippen molar-refractivity contribution in [2.24, 2.45) is 0 Å². The van der Waals surface area contributed by atoms with Crippen LogP contribution in [0.15, 0.2) is 78.5 Å². The summed E-state index contributed by atoms with van der Waals surface area (Å²) in [5.74, 6) is -0.885. The number of nitrogens with zero attached hydrogens (tertiary/aromatic N) is 1. The third-order valence-corrected chi connectivity index (χ3v) is 5.48. The molecule has 0 radical (unpaired) electrons. The van der Waals surface area contributed by atoms with Crippen molar-refractivity contribution in [3.05, 3.63) is 105 Å². The summed E-state index contributed by atoms with van der Waals surface area (Å²) in [4.78, 5) is 46.8. The summed E-state index contributed by atoms with van der Waals surface area (Å²) in [6.45, 7) is 0. The maximum absolute atomic E-state index is 13.0. The summed E-state index contributed by atoms with van der Waals surface area (Å²) < 4.78 is 0. The lowest BCUT2D eigenvalue weighted by Gasteiger charge is -2.15. The zero-order chi connectivity index (χ0) is 24.5. The Labute approximate surface area is 198 Å². The van der Waals surface area contributed by atoms with Crippen molar-refractivity contribution in [1.29, 1.82) is 0 Å². The Balaban J connectivity index is 1.55. The maximum atomic E-state index is 13.0. The Morgan fingerprint density at radius 2 is 1.60 bits per heavy atom. The van der Waals surface area contributed by atoms with Crippen LogP contribution in [0.25, 0.3) is 17.3 Å². The number of non-ortho nitro benzene ring substituents is 1. The second-order valence-corrected chi connectivity index (χ2v) is 7.77. The molecule has 5 rings (SSSR count). The number of carbonyl (C=O) groups excluding carboxylic acids is 3. The number of nitro groups is 1. The summed E-state index contributed by atoms with van der Waals surface area (Å²) in [5.41, 5.74) is 3.75. The summed E-state index contributed by atoms with van der Waals surface area (Å²) in [5, 5.41) is 21.9. The fourth-order valence-electron chi connectivity index (χ4n) is 3.86. The third-order valence-electron chi connectivity index (χ3n) is 5.48. The number of nitrogens with one attached hydrogen (secondary N) is 4. The highest BCUT2D eigenvalue weighted by atomic mass is 16.6. The molecule has 3 aromatic rings. The van der Waals surface area contributed by atoms with Gasteiger partial charge in [0.1, 0.15) is 5.70 Å². The number of hydrogen-bond donors (Lipinski definition) is 4. The molecule has 35 heavy (non-hydrogen) atoms. The van der Waals surface area contributed by atoms with Gasteiger partial charge in [-0.25, -0.2) is 4.79 Å². The van der Waals surface area contributed by atoms with E-state index in [9.17, 15) is 24.5 Å². The van der Waals surface area contributed by atoms with Gasteiger partial charge in [-0.2, -0.15) is 0 Å². The minimum atomic E-state index is -0.575. The predicted molar refractivity (Wildman–Crippen MR) is 130 cm³/mol. The number of anilines is 2. The first kappa shape index (κ1) is 21.6. The number of rotatable bonds is 5. The van der Waals surface area contributed by atoms with Crippen LogP contribution in [-0.4, -0.2) is 22.8 Å². The third kappa shape index (κ3) is 4.23. The van der Waals surface area contributed by atoms with Crippen molar-refractivity contribution < 1.29 is 19.3 Å². The molecule has 0 atom stereocenters. The van der Waals surface area contributed by atoms with E-state index in [1.54, 1.807) is 30.3 Å². The number of hydrogen-bond acceptors (Lipinski definition) is 6. The van der Waals surface area contributed by atoms with E-state index in [1.807, 2.05) is 30.3 Å². The Hall–Kier alpha value is -5.25. The van der Waals surface area contributed by atoms with E-state index in [4.69, 9.17) is 0 Å². The number of amides is 4. The molecular formula is C25H17N5O5. The number of carbonyl (C=O) groups is 3. The zero-order valence-corrected chi connectivity index (χ0v) is 18.0. The maximum Gasteiger partial charge on any atom is 0.326 e. The first-order chi connectivity index (χ1) is 16.9. The van der Waals surface area contributed by atoms with Crippen molar-refractivity contribution >= 4 is 52.3 Å². The van der Waals surface area contributed by atoms with Crippen LogP contribution in [0.5, 0.6) is 0 Å². The van der Waals surface area contributed by atoms with Gasteiger partial charge < -0.3 is 16.0 Å². The van der Waals surface area contributed by atoms with Crippen LogP contribution in [0.1, 0.15) is 16.7 Å². The minimum Gasteiger partial charge on any atom is -0.354 e. The van der Waals surface area contributed by atoms with Crippen LogP contribution in [0.2, 0.25) is 0 Å². The molecule has 0 unspecified atom stereocenters. The number of fused-ring (bicyclic) bond motifs is 1. The fourth-order valence-corrected chi connectivity index (χ4v) is 3.86. The molecular weight excluding hydrogens is 450 g/mol. The lowest BCUT2D eigenvalue weighted by molar-refractivity contribution is -0.384. The van der Waals surface area contributed by atoms with E-state index in [0.717, 1.165) is 0 Å². The Bertz CT molecular complexity index is 1460. The van der Waals surface area contributed by atoms with Crippen LogP contribution in [0.3, 0.4) is 0 Å². The summed E-state index contributed by atoms with van der Waals surface area (Å²) in [6.07, 6.45) is 1.54. The average molecular weight is 467 g/mol. The molecule has 2 heterocycles. The van der Waals surface area contributed by atoms with Crippen LogP contribution < -0.4 is 21.3 Å². The largest absolute Gasteiger partial charge is 0.354 e. The van der Waals surface area contributed by atoms with Gasteiger partial charge in [0.15, 0.2) is 0 Å². The smallest absolute Gasteiger partial charge is 0.326 e. The van der Waals surface area contributed by atoms with E-state index < -0.39 is 16.9 Å². The van der Waals surface area contributed by atoms with Crippen LogP contribution in [0.4, 0.5) is 21.9 Å². The van der Waals surface area contributed by atoms with E-state index in [2.05, 4.69) is 21.3 Å². The normalized spacial score (nSPS) is 16.9. The molecule has 0 aromatic heterocycles. The summed E-state index contributed by atoms with van der Waals surface area (Å²) in [7, 11) is 0.